The monoisotopic (exact) mass is 242 g/mol. The molecule has 0 fully saturated rings. The topological polar surface area (TPSA) is 62.5 Å². The van der Waals surface area contributed by atoms with Crippen molar-refractivity contribution in [1.82, 2.24) is 9.88 Å². The van der Waals surface area contributed by atoms with Crippen LogP contribution in [-0.4, -0.2) is 43.0 Å². The first-order valence-corrected chi connectivity index (χ1v) is 6.05. The number of thiazole rings is 1. The summed E-state index contributed by atoms with van der Waals surface area (Å²) in [6.07, 6.45) is 0. The van der Waals surface area contributed by atoms with Gasteiger partial charge in [0.2, 0.25) is 0 Å². The molecule has 0 spiro atoms. The average molecular weight is 242 g/mol. The molecule has 1 amide bonds. The van der Waals surface area contributed by atoms with Crippen LogP contribution >= 0.6 is 11.3 Å². The fourth-order valence-electron chi connectivity index (χ4n) is 1.31. The van der Waals surface area contributed by atoms with Gasteiger partial charge in [0.1, 0.15) is 10.7 Å². The van der Waals surface area contributed by atoms with E-state index in [-0.39, 0.29) is 5.91 Å². The van der Waals surface area contributed by atoms with Crippen molar-refractivity contribution in [3.8, 4) is 0 Å². The number of hydrogen-bond donors (Lipinski definition) is 1. The third-order valence-corrected chi connectivity index (χ3v) is 3.40. The Kier molecular flexibility index (Phi) is 4.12. The van der Waals surface area contributed by atoms with Crippen molar-refractivity contribution < 1.29 is 4.79 Å². The Balaban J connectivity index is 3.02. The standard InChI is InChI=1S/C10H18N4OS/c1-5-14(6-2)10-12-8(11)7(16-10)9(15)13(3)4/h5-6,11H2,1-4H3. The number of carbonyl (C=O) groups excluding carboxylic acids is 1. The highest BCUT2D eigenvalue weighted by Crippen LogP contribution is 2.28. The molecule has 0 aliphatic carbocycles. The predicted molar refractivity (Wildman–Crippen MR) is 68.1 cm³/mol. The number of hydrogen-bond acceptors (Lipinski definition) is 5. The van der Waals surface area contributed by atoms with Crippen molar-refractivity contribution in [2.45, 2.75) is 13.8 Å². The Labute approximate surface area is 99.9 Å². The molecule has 1 rings (SSSR count). The van der Waals surface area contributed by atoms with Crippen molar-refractivity contribution in [2.24, 2.45) is 0 Å². The minimum absolute atomic E-state index is 0.0894. The van der Waals surface area contributed by atoms with Crippen LogP contribution in [0.1, 0.15) is 23.5 Å². The highest BCUT2D eigenvalue weighted by molar-refractivity contribution is 7.18. The fraction of sp³-hybridized carbons (Fsp3) is 0.600. The zero-order chi connectivity index (χ0) is 12.3. The number of aromatic nitrogens is 1. The minimum atomic E-state index is -0.0894. The number of rotatable bonds is 4. The number of nitrogens with two attached hydrogens (primary N) is 1. The lowest BCUT2D eigenvalue weighted by Crippen LogP contribution is -2.21. The van der Waals surface area contributed by atoms with Gasteiger partial charge < -0.3 is 15.5 Å². The summed E-state index contributed by atoms with van der Waals surface area (Å²) < 4.78 is 0. The maximum atomic E-state index is 11.8. The number of carbonyl (C=O) groups is 1. The van der Waals surface area contributed by atoms with Gasteiger partial charge in [0, 0.05) is 27.2 Å². The molecule has 0 aromatic carbocycles. The van der Waals surface area contributed by atoms with Crippen LogP contribution < -0.4 is 10.6 Å². The molecule has 1 aromatic rings. The molecule has 0 saturated heterocycles. The average Bonchev–Trinajstić information content (AvgIpc) is 2.61. The van der Waals surface area contributed by atoms with Crippen LogP contribution in [0.25, 0.3) is 0 Å². The fourth-order valence-corrected chi connectivity index (χ4v) is 2.44. The van der Waals surface area contributed by atoms with E-state index in [2.05, 4.69) is 23.7 Å². The second-order valence-corrected chi connectivity index (χ2v) is 4.56. The number of nitrogens with zero attached hydrogens (tertiary/aromatic N) is 3. The van der Waals surface area contributed by atoms with Gasteiger partial charge in [0.15, 0.2) is 5.13 Å². The zero-order valence-corrected chi connectivity index (χ0v) is 11.0. The van der Waals surface area contributed by atoms with Crippen molar-refractivity contribution >= 4 is 28.2 Å². The van der Waals surface area contributed by atoms with Gasteiger partial charge in [-0.3, -0.25) is 4.79 Å². The van der Waals surface area contributed by atoms with Gasteiger partial charge in [-0.2, -0.15) is 0 Å². The summed E-state index contributed by atoms with van der Waals surface area (Å²) in [5, 5.41) is 0.813. The van der Waals surface area contributed by atoms with E-state index in [0.29, 0.717) is 10.7 Å². The van der Waals surface area contributed by atoms with E-state index in [1.54, 1.807) is 14.1 Å². The van der Waals surface area contributed by atoms with Gasteiger partial charge in [0.05, 0.1) is 0 Å². The quantitative estimate of drug-likeness (QED) is 0.863. The van der Waals surface area contributed by atoms with E-state index < -0.39 is 0 Å². The van der Waals surface area contributed by atoms with E-state index in [9.17, 15) is 4.79 Å². The normalized spacial score (nSPS) is 10.2. The van der Waals surface area contributed by atoms with Gasteiger partial charge >= 0.3 is 0 Å². The lowest BCUT2D eigenvalue weighted by molar-refractivity contribution is 0.0833. The molecule has 0 unspecified atom stereocenters. The second-order valence-electron chi connectivity index (χ2n) is 3.58. The summed E-state index contributed by atoms with van der Waals surface area (Å²) in [4.78, 5) is 20.1. The molecule has 0 saturated carbocycles. The smallest absolute Gasteiger partial charge is 0.267 e. The Morgan fingerprint density at radius 3 is 2.38 bits per heavy atom. The van der Waals surface area contributed by atoms with E-state index >= 15 is 0 Å². The van der Waals surface area contributed by atoms with Crippen molar-refractivity contribution in [3.63, 3.8) is 0 Å². The van der Waals surface area contributed by atoms with Gasteiger partial charge in [-0.15, -0.1) is 0 Å². The Bertz CT molecular complexity index is 371. The van der Waals surface area contributed by atoms with E-state index in [0.717, 1.165) is 18.2 Å². The Morgan fingerprint density at radius 1 is 1.38 bits per heavy atom. The number of amides is 1. The molecule has 90 valence electrons. The second kappa shape index (κ2) is 5.16. The summed E-state index contributed by atoms with van der Waals surface area (Å²) in [6, 6.07) is 0. The first kappa shape index (κ1) is 12.8. The lowest BCUT2D eigenvalue weighted by atomic mass is 10.4. The summed E-state index contributed by atoms with van der Waals surface area (Å²) in [5.41, 5.74) is 5.75. The minimum Gasteiger partial charge on any atom is -0.382 e. The summed E-state index contributed by atoms with van der Waals surface area (Å²) in [5.74, 6) is 0.235. The van der Waals surface area contributed by atoms with E-state index in [4.69, 9.17) is 5.73 Å². The molecule has 16 heavy (non-hydrogen) atoms. The van der Waals surface area contributed by atoms with E-state index in [1.165, 1.54) is 16.2 Å². The number of nitrogen functional groups attached to an aromatic ring is 1. The van der Waals surface area contributed by atoms with Gasteiger partial charge in [0.25, 0.3) is 5.91 Å². The maximum absolute atomic E-state index is 11.8. The molecule has 6 heteroatoms. The summed E-state index contributed by atoms with van der Waals surface area (Å²) in [6.45, 7) is 5.82. The van der Waals surface area contributed by atoms with Crippen LogP contribution in [-0.2, 0) is 0 Å². The van der Waals surface area contributed by atoms with Gasteiger partial charge in [-0.1, -0.05) is 11.3 Å². The van der Waals surface area contributed by atoms with Crippen LogP contribution in [0.3, 0.4) is 0 Å². The maximum Gasteiger partial charge on any atom is 0.267 e. The van der Waals surface area contributed by atoms with Crippen molar-refractivity contribution in [2.75, 3.05) is 37.8 Å². The Morgan fingerprint density at radius 2 is 1.94 bits per heavy atom. The summed E-state index contributed by atoms with van der Waals surface area (Å²) >= 11 is 1.35. The molecule has 0 aliphatic rings. The molecule has 0 atom stereocenters. The van der Waals surface area contributed by atoms with Crippen LogP contribution in [0, 0.1) is 0 Å². The molecule has 0 aliphatic heterocycles. The Hall–Kier alpha value is -1.30. The zero-order valence-electron chi connectivity index (χ0n) is 10.1. The van der Waals surface area contributed by atoms with Crippen LogP contribution in [0.2, 0.25) is 0 Å². The molecule has 0 radical (unpaired) electrons. The molecule has 1 heterocycles. The first-order valence-electron chi connectivity index (χ1n) is 5.24. The van der Waals surface area contributed by atoms with Crippen molar-refractivity contribution in [3.05, 3.63) is 4.88 Å². The predicted octanol–water partition coefficient (Wildman–Crippen LogP) is 1.27. The summed E-state index contributed by atoms with van der Waals surface area (Å²) in [7, 11) is 3.41. The third kappa shape index (κ3) is 2.44. The highest BCUT2D eigenvalue weighted by atomic mass is 32.1. The van der Waals surface area contributed by atoms with E-state index in [1.807, 2.05) is 0 Å². The molecular formula is C10H18N4OS. The largest absolute Gasteiger partial charge is 0.382 e. The SMILES string of the molecule is CCN(CC)c1nc(N)c(C(=O)N(C)C)s1. The molecule has 1 aromatic heterocycles. The first-order chi connectivity index (χ1) is 7.51. The lowest BCUT2D eigenvalue weighted by Gasteiger charge is -2.16. The van der Waals surface area contributed by atoms with Crippen LogP contribution in [0.15, 0.2) is 0 Å². The molecule has 2 N–H and O–H groups in total. The van der Waals surface area contributed by atoms with Gasteiger partial charge in [-0.05, 0) is 13.8 Å². The van der Waals surface area contributed by atoms with Gasteiger partial charge in [-0.25, -0.2) is 4.98 Å². The van der Waals surface area contributed by atoms with Crippen LogP contribution in [0.4, 0.5) is 10.9 Å². The highest BCUT2D eigenvalue weighted by Gasteiger charge is 2.19. The molecule has 0 bridgehead atoms. The number of anilines is 2. The van der Waals surface area contributed by atoms with Crippen LogP contribution in [0.5, 0.6) is 0 Å². The molecule has 5 nitrogen and oxygen atoms in total. The van der Waals surface area contributed by atoms with Crippen molar-refractivity contribution in [1.29, 1.82) is 0 Å². The third-order valence-electron chi connectivity index (χ3n) is 2.28. The molecular weight excluding hydrogens is 224 g/mol.